The van der Waals surface area contributed by atoms with Crippen LogP contribution >= 0.6 is 0 Å². The standard InChI is InChI=1S/C18H28N2O/c1-13(2)14-4-6-15(7-5-14)17(20-19)16-8-11-21-18(12-16)9-3-10-18/h4-7,13,16-17,20H,3,8-12,19H2,1-2H3. The number of hydrogen-bond acceptors (Lipinski definition) is 3. The van der Waals surface area contributed by atoms with Crippen molar-refractivity contribution in [1.29, 1.82) is 0 Å². The third-order valence-corrected chi connectivity index (χ3v) is 5.41. The van der Waals surface area contributed by atoms with Crippen LogP contribution in [0.2, 0.25) is 0 Å². The number of ether oxygens (including phenoxy) is 1. The molecular weight excluding hydrogens is 260 g/mol. The molecule has 0 amide bonds. The van der Waals surface area contributed by atoms with E-state index in [2.05, 4.69) is 43.5 Å². The molecule has 1 spiro atoms. The van der Waals surface area contributed by atoms with Crippen LogP contribution in [0.3, 0.4) is 0 Å². The van der Waals surface area contributed by atoms with Gasteiger partial charge in [-0.1, -0.05) is 38.1 Å². The lowest BCUT2D eigenvalue weighted by Gasteiger charge is -2.48. The summed E-state index contributed by atoms with van der Waals surface area (Å²) in [4.78, 5) is 0. The lowest BCUT2D eigenvalue weighted by atomic mass is 9.69. The second-order valence-corrected chi connectivity index (χ2v) is 7.10. The van der Waals surface area contributed by atoms with Crippen molar-refractivity contribution in [3.63, 3.8) is 0 Å². The molecular formula is C18H28N2O. The first-order chi connectivity index (χ1) is 10.1. The molecule has 116 valence electrons. The van der Waals surface area contributed by atoms with Gasteiger partial charge >= 0.3 is 0 Å². The molecule has 21 heavy (non-hydrogen) atoms. The van der Waals surface area contributed by atoms with Crippen molar-refractivity contribution in [2.75, 3.05) is 6.61 Å². The molecule has 1 saturated carbocycles. The Morgan fingerprint density at radius 2 is 1.86 bits per heavy atom. The fourth-order valence-electron chi connectivity index (χ4n) is 3.86. The predicted octanol–water partition coefficient (Wildman–Crippen LogP) is 3.66. The average molecular weight is 288 g/mol. The highest BCUT2D eigenvalue weighted by Crippen LogP contribution is 2.47. The van der Waals surface area contributed by atoms with Crippen LogP contribution in [-0.4, -0.2) is 12.2 Å². The van der Waals surface area contributed by atoms with Crippen LogP contribution in [-0.2, 0) is 4.74 Å². The van der Waals surface area contributed by atoms with Crippen LogP contribution in [0.25, 0.3) is 0 Å². The summed E-state index contributed by atoms with van der Waals surface area (Å²) in [7, 11) is 0. The van der Waals surface area contributed by atoms with Gasteiger partial charge < -0.3 is 4.74 Å². The molecule has 1 aliphatic heterocycles. The van der Waals surface area contributed by atoms with Crippen molar-refractivity contribution in [3.8, 4) is 0 Å². The third kappa shape index (κ3) is 3.01. The molecule has 3 rings (SSSR count). The summed E-state index contributed by atoms with van der Waals surface area (Å²) in [6.07, 6.45) is 6.02. The molecule has 2 fully saturated rings. The summed E-state index contributed by atoms with van der Waals surface area (Å²) in [5.74, 6) is 7.04. The largest absolute Gasteiger partial charge is 0.375 e. The summed E-state index contributed by atoms with van der Waals surface area (Å²) in [6.45, 7) is 5.34. The third-order valence-electron chi connectivity index (χ3n) is 5.41. The Bertz CT molecular complexity index is 465. The predicted molar refractivity (Wildman–Crippen MR) is 85.9 cm³/mol. The molecule has 1 heterocycles. The molecule has 0 bridgehead atoms. The second kappa shape index (κ2) is 6.07. The van der Waals surface area contributed by atoms with E-state index in [-0.39, 0.29) is 11.6 Å². The summed E-state index contributed by atoms with van der Waals surface area (Å²) >= 11 is 0. The molecule has 2 aliphatic rings. The minimum atomic E-state index is 0.176. The van der Waals surface area contributed by atoms with E-state index in [1.54, 1.807) is 0 Å². The van der Waals surface area contributed by atoms with Crippen molar-refractivity contribution >= 4 is 0 Å². The van der Waals surface area contributed by atoms with E-state index in [9.17, 15) is 0 Å². The van der Waals surface area contributed by atoms with Gasteiger partial charge in [-0.3, -0.25) is 11.3 Å². The van der Waals surface area contributed by atoms with E-state index >= 15 is 0 Å². The highest BCUT2D eigenvalue weighted by Gasteiger charge is 2.44. The van der Waals surface area contributed by atoms with Crippen molar-refractivity contribution < 1.29 is 4.74 Å². The monoisotopic (exact) mass is 288 g/mol. The smallest absolute Gasteiger partial charge is 0.0686 e. The van der Waals surface area contributed by atoms with E-state index in [1.165, 1.54) is 30.4 Å². The van der Waals surface area contributed by atoms with Crippen molar-refractivity contribution in [3.05, 3.63) is 35.4 Å². The minimum absolute atomic E-state index is 0.176. The fourth-order valence-corrected chi connectivity index (χ4v) is 3.86. The Labute approximate surface area is 128 Å². The van der Waals surface area contributed by atoms with Crippen LogP contribution in [0, 0.1) is 5.92 Å². The van der Waals surface area contributed by atoms with E-state index in [0.29, 0.717) is 11.8 Å². The topological polar surface area (TPSA) is 47.3 Å². The molecule has 0 radical (unpaired) electrons. The highest BCUT2D eigenvalue weighted by molar-refractivity contribution is 5.27. The molecule has 3 N–H and O–H groups in total. The lowest BCUT2D eigenvalue weighted by molar-refractivity contribution is -0.147. The van der Waals surface area contributed by atoms with Crippen LogP contribution < -0.4 is 11.3 Å². The Morgan fingerprint density at radius 3 is 2.38 bits per heavy atom. The van der Waals surface area contributed by atoms with E-state index in [4.69, 9.17) is 10.6 Å². The molecule has 2 atom stereocenters. The first-order valence-corrected chi connectivity index (χ1v) is 8.33. The van der Waals surface area contributed by atoms with Gasteiger partial charge in [-0.2, -0.15) is 0 Å². The Kier molecular flexibility index (Phi) is 4.34. The van der Waals surface area contributed by atoms with E-state index in [1.807, 2.05) is 0 Å². The second-order valence-electron chi connectivity index (χ2n) is 7.10. The quantitative estimate of drug-likeness (QED) is 0.656. The zero-order chi connectivity index (χ0) is 14.9. The van der Waals surface area contributed by atoms with Gasteiger partial charge in [0.2, 0.25) is 0 Å². The van der Waals surface area contributed by atoms with Crippen LogP contribution in [0.5, 0.6) is 0 Å². The fraction of sp³-hybridized carbons (Fsp3) is 0.667. The number of hydrogen-bond donors (Lipinski definition) is 2. The van der Waals surface area contributed by atoms with Crippen molar-refractivity contribution in [2.24, 2.45) is 11.8 Å². The Hall–Kier alpha value is -0.900. The molecule has 1 aliphatic carbocycles. The van der Waals surface area contributed by atoms with Crippen molar-refractivity contribution in [1.82, 2.24) is 5.43 Å². The van der Waals surface area contributed by atoms with Gasteiger partial charge in [-0.25, -0.2) is 0 Å². The van der Waals surface area contributed by atoms with Crippen molar-refractivity contribution in [2.45, 2.75) is 63.5 Å². The maximum Gasteiger partial charge on any atom is 0.0686 e. The van der Waals surface area contributed by atoms with Gasteiger partial charge in [0.05, 0.1) is 5.60 Å². The van der Waals surface area contributed by atoms with Gasteiger partial charge in [0.25, 0.3) is 0 Å². The highest BCUT2D eigenvalue weighted by atomic mass is 16.5. The molecule has 3 heteroatoms. The van der Waals surface area contributed by atoms with Crippen LogP contribution in [0.1, 0.15) is 69.0 Å². The first kappa shape index (κ1) is 15.0. The Balaban J connectivity index is 1.74. The van der Waals surface area contributed by atoms with Gasteiger partial charge in [0.15, 0.2) is 0 Å². The summed E-state index contributed by atoms with van der Waals surface area (Å²) in [5.41, 5.74) is 5.94. The zero-order valence-electron chi connectivity index (χ0n) is 13.3. The maximum atomic E-state index is 6.04. The molecule has 1 aromatic carbocycles. The maximum absolute atomic E-state index is 6.04. The zero-order valence-corrected chi connectivity index (χ0v) is 13.3. The lowest BCUT2D eigenvalue weighted by Crippen LogP contribution is -2.48. The Morgan fingerprint density at radius 1 is 1.19 bits per heavy atom. The summed E-state index contributed by atoms with van der Waals surface area (Å²) < 4.78 is 6.04. The van der Waals surface area contributed by atoms with Crippen LogP contribution in [0.4, 0.5) is 0 Å². The van der Waals surface area contributed by atoms with Gasteiger partial charge in [0, 0.05) is 12.6 Å². The molecule has 2 unspecified atom stereocenters. The average Bonchev–Trinajstić information content (AvgIpc) is 2.47. The summed E-state index contributed by atoms with van der Waals surface area (Å²) in [5, 5.41) is 0. The van der Waals surface area contributed by atoms with Gasteiger partial charge in [-0.15, -0.1) is 0 Å². The van der Waals surface area contributed by atoms with E-state index in [0.717, 1.165) is 19.4 Å². The normalized spacial score (nSPS) is 25.8. The molecule has 1 aromatic rings. The van der Waals surface area contributed by atoms with E-state index < -0.39 is 0 Å². The number of nitrogens with two attached hydrogens (primary N) is 1. The number of nitrogens with one attached hydrogen (secondary N) is 1. The number of hydrazine groups is 1. The molecule has 3 nitrogen and oxygen atoms in total. The van der Waals surface area contributed by atoms with Gasteiger partial charge in [-0.05, 0) is 55.1 Å². The number of rotatable bonds is 4. The van der Waals surface area contributed by atoms with Gasteiger partial charge in [0.1, 0.15) is 0 Å². The summed E-state index contributed by atoms with van der Waals surface area (Å²) in [6, 6.07) is 9.20. The SMILES string of the molecule is CC(C)c1ccc(C(NN)C2CCOC3(CCC3)C2)cc1. The number of benzene rings is 1. The van der Waals surface area contributed by atoms with Crippen LogP contribution in [0.15, 0.2) is 24.3 Å². The molecule has 1 saturated heterocycles. The first-order valence-electron chi connectivity index (χ1n) is 8.33. The molecule has 0 aromatic heterocycles. The minimum Gasteiger partial charge on any atom is -0.375 e.